The smallest absolute Gasteiger partial charge is 0.173 e. The van der Waals surface area contributed by atoms with Crippen LogP contribution in [0.2, 0.25) is 0 Å². The van der Waals surface area contributed by atoms with Gasteiger partial charge in [0.2, 0.25) is 0 Å². The summed E-state index contributed by atoms with van der Waals surface area (Å²) in [5.74, 6) is 0. The number of hydrogen-bond donors (Lipinski definition) is 2. The van der Waals surface area contributed by atoms with Crippen molar-refractivity contribution in [2.45, 2.75) is 19.9 Å². The second-order valence-corrected chi connectivity index (χ2v) is 7.45. The van der Waals surface area contributed by atoms with Gasteiger partial charge in [-0.1, -0.05) is 42.5 Å². The number of aryl methyl sites for hydroxylation is 1. The number of H-pyrrole nitrogens is 1. The number of rotatable bonds is 6. The van der Waals surface area contributed by atoms with Crippen molar-refractivity contribution >= 4 is 33.9 Å². The monoisotopic (exact) mass is 400 g/mol. The van der Waals surface area contributed by atoms with Gasteiger partial charge in [0.05, 0.1) is 12.2 Å². The van der Waals surface area contributed by atoms with E-state index in [0.717, 1.165) is 24.3 Å². The van der Waals surface area contributed by atoms with Crippen LogP contribution in [0.5, 0.6) is 0 Å². The van der Waals surface area contributed by atoms with E-state index < -0.39 is 0 Å². The normalized spacial score (nSPS) is 10.8. The highest BCUT2D eigenvalue weighted by Crippen LogP contribution is 2.23. The van der Waals surface area contributed by atoms with E-state index in [2.05, 4.69) is 51.4 Å². The molecule has 29 heavy (non-hydrogen) atoms. The van der Waals surface area contributed by atoms with Gasteiger partial charge in [-0.3, -0.25) is 4.98 Å². The molecule has 0 unspecified atom stereocenters. The van der Waals surface area contributed by atoms with Gasteiger partial charge in [0.1, 0.15) is 0 Å². The van der Waals surface area contributed by atoms with E-state index in [-0.39, 0.29) is 0 Å². The fourth-order valence-electron chi connectivity index (χ4n) is 3.57. The molecule has 2 heterocycles. The summed E-state index contributed by atoms with van der Waals surface area (Å²) in [7, 11) is 0. The van der Waals surface area contributed by atoms with Crippen LogP contribution in [0.3, 0.4) is 0 Å². The maximum Gasteiger partial charge on any atom is 0.173 e. The molecule has 0 aliphatic heterocycles. The van der Waals surface area contributed by atoms with Crippen molar-refractivity contribution in [3.63, 3.8) is 0 Å². The van der Waals surface area contributed by atoms with Crippen molar-refractivity contribution in [1.82, 2.24) is 14.9 Å². The lowest BCUT2D eigenvalue weighted by molar-refractivity contribution is 0.417. The molecule has 4 aromatic rings. The van der Waals surface area contributed by atoms with Gasteiger partial charge in [-0.25, -0.2) is 0 Å². The number of aromatic nitrogens is 2. The molecule has 0 aliphatic carbocycles. The number of anilines is 1. The summed E-state index contributed by atoms with van der Waals surface area (Å²) in [6.07, 6.45) is 2.73. The molecule has 0 saturated carbocycles. The van der Waals surface area contributed by atoms with Crippen LogP contribution in [0.25, 0.3) is 10.9 Å². The Labute approximate surface area is 176 Å². The summed E-state index contributed by atoms with van der Waals surface area (Å²) in [6, 6.07) is 24.5. The molecule has 0 radical (unpaired) electrons. The van der Waals surface area contributed by atoms with Gasteiger partial charge in [0.25, 0.3) is 0 Å². The number of thiocarbonyl (C=S) groups is 1. The molecule has 2 aromatic carbocycles. The first-order valence-electron chi connectivity index (χ1n) is 9.78. The number of fused-ring (bicyclic) bond motifs is 1. The Morgan fingerprint density at radius 1 is 1.00 bits per heavy atom. The molecule has 5 heteroatoms. The van der Waals surface area contributed by atoms with E-state index in [0.29, 0.717) is 11.7 Å². The molecule has 0 atom stereocenters. The van der Waals surface area contributed by atoms with Crippen molar-refractivity contribution in [3.05, 3.63) is 95.9 Å². The minimum atomic E-state index is 0.668. The second-order valence-electron chi connectivity index (χ2n) is 7.06. The number of para-hydroxylation sites is 2. The highest BCUT2D eigenvalue weighted by atomic mass is 32.1. The third-order valence-corrected chi connectivity index (χ3v) is 5.41. The number of nitrogens with one attached hydrogen (secondary N) is 2. The highest BCUT2D eigenvalue weighted by Gasteiger charge is 2.14. The lowest BCUT2D eigenvalue weighted by atomic mass is 10.1. The molecule has 0 bridgehead atoms. The zero-order valence-electron chi connectivity index (χ0n) is 16.4. The molecular weight excluding hydrogens is 376 g/mol. The van der Waals surface area contributed by atoms with Crippen molar-refractivity contribution in [2.24, 2.45) is 0 Å². The molecule has 146 valence electrons. The first-order chi connectivity index (χ1) is 14.2. The molecule has 0 aliphatic rings. The zero-order valence-corrected chi connectivity index (χ0v) is 17.2. The average Bonchev–Trinajstić information content (AvgIpc) is 3.07. The number of hydrogen-bond acceptors (Lipinski definition) is 2. The molecule has 4 nitrogen and oxygen atoms in total. The first-order valence-corrected chi connectivity index (χ1v) is 10.2. The third-order valence-electron chi connectivity index (χ3n) is 5.05. The predicted octanol–water partition coefficient (Wildman–Crippen LogP) is 5.31. The molecule has 4 rings (SSSR count). The molecular formula is C24H24N4S. The molecule has 2 N–H and O–H groups in total. The van der Waals surface area contributed by atoms with Crippen LogP contribution < -0.4 is 5.32 Å². The summed E-state index contributed by atoms with van der Waals surface area (Å²) in [5.41, 5.74) is 5.73. The molecule has 0 amide bonds. The summed E-state index contributed by atoms with van der Waals surface area (Å²) in [5, 5.41) is 5.36. The van der Waals surface area contributed by atoms with Gasteiger partial charge >= 0.3 is 0 Å². The lowest BCUT2D eigenvalue weighted by Crippen LogP contribution is -2.36. The summed E-state index contributed by atoms with van der Waals surface area (Å²) < 4.78 is 0. The van der Waals surface area contributed by atoms with Gasteiger partial charge in [-0.05, 0) is 61.5 Å². The molecule has 0 fully saturated rings. The standard InChI is InChI=1S/C24H24N4S/c1-18-21(22-12-5-6-13-23(22)26-18)14-16-28(17-20-11-7-8-15-25-20)24(29)27-19-9-3-2-4-10-19/h2-13,15,26H,14,16-17H2,1H3,(H,27,29). The lowest BCUT2D eigenvalue weighted by Gasteiger charge is -2.26. The maximum atomic E-state index is 5.76. The average molecular weight is 401 g/mol. The molecule has 0 spiro atoms. The van der Waals surface area contributed by atoms with Crippen LogP contribution in [0.1, 0.15) is 17.0 Å². The van der Waals surface area contributed by atoms with Crippen LogP contribution in [0, 0.1) is 6.92 Å². The molecule has 2 aromatic heterocycles. The van der Waals surface area contributed by atoms with Crippen molar-refractivity contribution in [3.8, 4) is 0 Å². The van der Waals surface area contributed by atoms with E-state index in [4.69, 9.17) is 12.2 Å². The van der Waals surface area contributed by atoms with Crippen LogP contribution in [-0.2, 0) is 13.0 Å². The largest absolute Gasteiger partial charge is 0.358 e. The predicted molar refractivity (Wildman–Crippen MR) is 124 cm³/mol. The van der Waals surface area contributed by atoms with Gasteiger partial charge < -0.3 is 15.2 Å². The number of benzene rings is 2. The Hall–Kier alpha value is -3.18. The number of pyridine rings is 1. The summed E-state index contributed by atoms with van der Waals surface area (Å²) in [4.78, 5) is 10.2. The highest BCUT2D eigenvalue weighted by molar-refractivity contribution is 7.80. The van der Waals surface area contributed by atoms with Crippen LogP contribution in [-0.4, -0.2) is 26.5 Å². The third kappa shape index (κ3) is 4.63. The van der Waals surface area contributed by atoms with Crippen molar-refractivity contribution in [1.29, 1.82) is 0 Å². The van der Waals surface area contributed by atoms with E-state index in [1.165, 1.54) is 22.2 Å². The quantitative estimate of drug-likeness (QED) is 0.430. The number of nitrogens with zero attached hydrogens (tertiary/aromatic N) is 2. The Kier molecular flexibility index (Phi) is 5.86. The Morgan fingerprint density at radius 3 is 2.55 bits per heavy atom. The Morgan fingerprint density at radius 2 is 1.76 bits per heavy atom. The van der Waals surface area contributed by atoms with Gasteiger partial charge in [-0.2, -0.15) is 0 Å². The first kappa shape index (κ1) is 19.2. The topological polar surface area (TPSA) is 44.0 Å². The van der Waals surface area contributed by atoms with E-state index >= 15 is 0 Å². The number of aromatic amines is 1. The fourth-order valence-corrected chi connectivity index (χ4v) is 3.84. The summed E-state index contributed by atoms with van der Waals surface area (Å²) in [6.45, 7) is 3.61. The van der Waals surface area contributed by atoms with E-state index in [9.17, 15) is 0 Å². The second kappa shape index (κ2) is 8.88. The Balaban J connectivity index is 1.54. The minimum Gasteiger partial charge on any atom is -0.358 e. The van der Waals surface area contributed by atoms with Crippen LogP contribution >= 0.6 is 12.2 Å². The van der Waals surface area contributed by atoms with Gasteiger partial charge in [-0.15, -0.1) is 0 Å². The van der Waals surface area contributed by atoms with Crippen molar-refractivity contribution < 1.29 is 0 Å². The summed E-state index contributed by atoms with van der Waals surface area (Å²) >= 11 is 5.76. The van der Waals surface area contributed by atoms with Crippen LogP contribution in [0.15, 0.2) is 79.0 Å². The van der Waals surface area contributed by atoms with Gasteiger partial charge in [0.15, 0.2) is 5.11 Å². The maximum absolute atomic E-state index is 5.76. The van der Waals surface area contributed by atoms with E-state index in [1.807, 2.05) is 54.7 Å². The fraction of sp³-hybridized carbons (Fsp3) is 0.167. The SMILES string of the molecule is Cc1[nH]c2ccccc2c1CCN(Cc1ccccn1)C(=S)Nc1ccccc1. The van der Waals surface area contributed by atoms with E-state index in [1.54, 1.807) is 0 Å². The van der Waals surface area contributed by atoms with Crippen molar-refractivity contribution in [2.75, 3.05) is 11.9 Å². The molecule has 0 saturated heterocycles. The van der Waals surface area contributed by atoms with Gasteiger partial charge in [0, 0.05) is 35.0 Å². The zero-order chi connectivity index (χ0) is 20.1. The Bertz CT molecular complexity index is 1090. The van der Waals surface area contributed by atoms with Crippen LogP contribution in [0.4, 0.5) is 5.69 Å². The minimum absolute atomic E-state index is 0.668.